The number of halogens is 3. The number of aliphatic hydroxyl groups excluding tert-OH is 1. The Morgan fingerprint density at radius 3 is 2.57 bits per heavy atom. The molecule has 3 saturated heterocycles. The van der Waals surface area contributed by atoms with E-state index in [9.17, 15) is 14.8 Å². The Bertz CT molecular complexity index is 1760. The van der Waals surface area contributed by atoms with E-state index < -0.39 is 76.0 Å². The molecule has 0 spiro atoms. The second kappa shape index (κ2) is 10.8. The molecule has 9 atom stereocenters. The van der Waals surface area contributed by atoms with Crippen molar-refractivity contribution in [1.29, 1.82) is 0 Å². The number of hydrogen-bond donors (Lipinski definition) is 5. The predicted octanol–water partition coefficient (Wildman–Crippen LogP) is 0.216. The van der Waals surface area contributed by atoms with Crippen molar-refractivity contribution in [3.63, 3.8) is 0 Å². The molecule has 18 nitrogen and oxygen atoms in total. The Balaban J connectivity index is 1.17. The third kappa shape index (κ3) is 4.76. The number of aromatic nitrogens is 8. The van der Waals surface area contributed by atoms with Crippen molar-refractivity contribution in [3.05, 3.63) is 29.3 Å². The van der Waals surface area contributed by atoms with E-state index in [1.54, 1.807) is 0 Å². The van der Waals surface area contributed by atoms with Crippen LogP contribution in [0.4, 0.5) is 24.9 Å². The van der Waals surface area contributed by atoms with Gasteiger partial charge in [0.15, 0.2) is 53.7 Å². The van der Waals surface area contributed by atoms with Gasteiger partial charge >= 0.3 is 14.5 Å². The number of anilines is 2. The van der Waals surface area contributed by atoms with E-state index in [0.717, 1.165) is 10.9 Å². The van der Waals surface area contributed by atoms with Crippen LogP contribution in [0.25, 0.3) is 22.3 Å². The van der Waals surface area contributed by atoms with Gasteiger partial charge in [-0.2, -0.15) is 13.8 Å². The number of imidazole rings is 2. The smallest absolute Gasteiger partial charge is 0.330 e. The van der Waals surface area contributed by atoms with Gasteiger partial charge in [-0.3, -0.25) is 23.4 Å². The van der Waals surface area contributed by atoms with Crippen molar-refractivity contribution in [1.82, 2.24) is 39.0 Å². The summed E-state index contributed by atoms with van der Waals surface area (Å²) in [6.07, 6.45) is -9.23. The maximum absolute atomic E-state index is 15.9. The van der Waals surface area contributed by atoms with Crippen LogP contribution in [0.5, 0.6) is 0 Å². The Morgan fingerprint density at radius 2 is 1.77 bits per heavy atom. The molecule has 7 N–H and O–H groups in total. The molecule has 236 valence electrons. The lowest BCUT2D eigenvalue weighted by Gasteiger charge is -2.26. The summed E-state index contributed by atoms with van der Waals surface area (Å²) in [5.41, 5.74) is 10.7. The molecular formula is C22H24F3N10O8P. The number of rotatable bonds is 2. The molecule has 4 aromatic heterocycles. The fourth-order valence-corrected chi connectivity index (χ4v) is 6.34. The first kappa shape index (κ1) is 29.2. The van der Waals surface area contributed by atoms with Crippen molar-refractivity contribution in [2.24, 2.45) is 5.92 Å². The highest BCUT2D eigenvalue weighted by atomic mass is 31.2. The topological polar surface area (TPSA) is 246 Å². The summed E-state index contributed by atoms with van der Waals surface area (Å²) in [5.74, 6) is -5.17. The summed E-state index contributed by atoms with van der Waals surface area (Å²) in [5, 5.41) is 10.6. The highest BCUT2D eigenvalue weighted by Crippen LogP contribution is 2.51. The van der Waals surface area contributed by atoms with Gasteiger partial charge in [0.1, 0.15) is 11.8 Å². The van der Waals surface area contributed by atoms with Gasteiger partial charge < -0.3 is 40.2 Å². The van der Waals surface area contributed by atoms with Crippen molar-refractivity contribution in [2.45, 2.75) is 62.2 Å². The normalized spacial score (nSPS) is 34.4. The number of nitrogens with one attached hydrogen (secondary N) is 1. The van der Waals surface area contributed by atoms with Gasteiger partial charge in [-0.05, 0) is 12.8 Å². The lowest BCUT2D eigenvalue weighted by atomic mass is 9.93. The lowest BCUT2D eigenvalue weighted by molar-refractivity contribution is -0.283. The summed E-state index contributed by atoms with van der Waals surface area (Å²) in [6, 6.07) is 0. The number of nitrogens with two attached hydrogens (primary N) is 2. The second-order valence-electron chi connectivity index (χ2n) is 10.3. The van der Waals surface area contributed by atoms with E-state index in [1.807, 2.05) is 0 Å². The zero-order valence-electron chi connectivity index (χ0n) is 22.2. The highest BCUT2D eigenvalue weighted by molar-refractivity contribution is 7.40. The molecule has 7 heterocycles. The number of H-pyrrole nitrogens is 1. The van der Waals surface area contributed by atoms with Crippen LogP contribution in [-0.2, 0) is 23.3 Å². The van der Waals surface area contributed by atoms with E-state index in [0.29, 0.717) is 0 Å². The summed E-state index contributed by atoms with van der Waals surface area (Å²) in [6.45, 7) is -0.473. The van der Waals surface area contributed by atoms with Gasteiger partial charge in [0.05, 0.1) is 25.4 Å². The van der Waals surface area contributed by atoms with Crippen LogP contribution in [0.1, 0.15) is 25.3 Å². The standard InChI is InChI=1S/C22H24F3N10O8P/c23-10-7-1-2-9(36)41-20-22(24,25)13(19(42-20)35-6-31-12-16(35)32-21(27)33-17(12)37)43-44(38)39-3-8(7)40-18(10)34-5-30-11-14(26)28-4-29-15(11)34/h4-10,13,18-20,36,38H,1-3H2,(H2,26,28,29)(H3,27,32,33,37)/t7-,8-,9?,10+,13+,18-,19-,20?,44?/m1/s1. The molecule has 3 unspecified atom stereocenters. The number of aromatic amines is 1. The maximum atomic E-state index is 15.9. The average molecular weight is 644 g/mol. The number of nitrogens with zero attached hydrogens (tertiary/aromatic N) is 7. The molecule has 0 saturated carbocycles. The van der Waals surface area contributed by atoms with Crippen LogP contribution >= 0.6 is 8.60 Å². The van der Waals surface area contributed by atoms with Crippen LogP contribution in [-0.4, -0.2) is 92.5 Å². The lowest BCUT2D eigenvalue weighted by Crippen LogP contribution is -2.43. The molecule has 44 heavy (non-hydrogen) atoms. The number of nitrogen functional groups attached to an aromatic ring is 2. The molecule has 4 aromatic rings. The SMILES string of the molecule is Nc1nc2c(ncn2[C@@H]2OC3OC(O)CC[C@H]4[C@H](F)[C@H](n5cnc6c(N)ncnc65)O[C@@H]4COP(O)O[C@@H]2C3(F)F)c(=O)[nH]1. The third-order valence-corrected chi connectivity index (χ3v) is 8.43. The number of fused-ring (bicyclic) bond motifs is 5. The first-order chi connectivity index (χ1) is 21.0. The fraction of sp³-hybridized carbons (Fsp3) is 0.545. The minimum absolute atomic E-state index is 0.0816. The number of alkyl halides is 3. The molecule has 7 rings (SSSR count). The summed E-state index contributed by atoms with van der Waals surface area (Å²) in [7, 11) is -3.05. The minimum Gasteiger partial charge on any atom is -0.382 e. The molecule has 0 aliphatic carbocycles. The molecule has 0 aromatic carbocycles. The van der Waals surface area contributed by atoms with Crippen LogP contribution in [0.3, 0.4) is 0 Å². The van der Waals surface area contributed by atoms with Gasteiger partial charge in [0.25, 0.3) is 5.56 Å². The average Bonchev–Trinajstić information content (AvgIpc) is 3.71. The molecule has 2 bridgehead atoms. The fourth-order valence-electron chi connectivity index (χ4n) is 5.56. The second-order valence-corrected chi connectivity index (χ2v) is 11.2. The van der Waals surface area contributed by atoms with Gasteiger partial charge in [-0.1, -0.05) is 0 Å². The van der Waals surface area contributed by atoms with Gasteiger partial charge in [-0.15, -0.1) is 0 Å². The summed E-state index contributed by atoms with van der Waals surface area (Å²) in [4.78, 5) is 45.0. The number of aliphatic hydroxyl groups is 1. The molecule has 3 aliphatic rings. The Hall–Kier alpha value is -3.56. The Labute approximate surface area is 244 Å². The molecular weight excluding hydrogens is 620 g/mol. The summed E-state index contributed by atoms with van der Waals surface area (Å²) >= 11 is 0. The van der Waals surface area contributed by atoms with Gasteiger partial charge in [0.2, 0.25) is 12.2 Å². The number of hydrogen-bond acceptors (Lipinski definition) is 15. The highest BCUT2D eigenvalue weighted by Gasteiger charge is 2.63. The van der Waals surface area contributed by atoms with Crippen molar-refractivity contribution in [3.8, 4) is 0 Å². The first-order valence-corrected chi connectivity index (χ1v) is 14.3. The quantitative estimate of drug-likeness (QED) is 0.183. The van der Waals surface area contributed by atoms with Crippen molar-refractivity contribution >= 4 is 42.7 Å². The van der Waals surface area contributed by atoms with Gasteiger partial charge in [0, 0.05) is 5.92 Å². The van der Waals surface area contributed by atoms with Crippen LogP contribution in [0, 0.1) is 5.92 Å². The van der Waals surface area contributed by atoms with E-state index in [1.165, 1.54) is 17.2 Å². The first-order valence-electron chi connectivity index (χ1n) is 13.1. The maximum Gasteiger partial charge on any atom is 0.330 e. The Morgan fingerprint density at radius 1 is 1.02 bits per heavy atom. The Kier molecular flexibility index (Phi) is 7.16. The van der Waals surface area contributed by atoms with Crippen LogP contribution in [0.15, 0.2) is 23.8 Å². The van der Waals surface area contributed by atoms with Crippen molar-refractivity contribution < 1.29 is 46.4 Å². The van der Waals surface area contributed by atoms with E-state index in [-0.39, 0.29) is 46.9 Å². The van der Waals surface area contributed by atoms with Crippen LogP contribution < -0.4 is 17.0 Å². The van der Waals surface area contributed by atoms with Crippen molar-refractivity contribution in [2.75, 3.05) is 18.1 Å². The zero-order chi connectivity index (χ0) is 30.9. The minimum atomic E-state index is -3.98. The van der Waals surface area contributed by atoms with Gasteiger partial charge in [-0.25, -0.2) is 24.3 Å². The molecule has 22 heteroatoms. The predicted molar refractivity (Wildman–Crippen MR) is 140 cm³/mol. The number of ether oxygens (including phenoxy) is 3. The molecule has 0 amide bonds. The zero-order valence-corrected chi connectivity index (χ0v) is 23.1. The van der Waals surface area contributed by atoms with E-state index in [2.05, 4.69) is 29.9 Å². The third-order valence-electron chi connectivity index (χ3n) is 7.66. The molecule has 3 aliphatic heterocycles. The monoisotopic (exact) mass is 644 g/mol. The molecule has 0 radical (unpaired) electrons. The largest absolute Gasteiger partial charge is 0.382 e. The van der Waals surface area contributed by atoms with E-state index >= 15 is 13.2 Å². The van der Waals surface area contributed by atoms with E-state index in [4.69, 9.17) is 34.7 Å². The summed E-state index contributed by atoms with van der Waals surface area (Å²) < 4.78 is 76.7. The van der Waals surface area contributed by atoms with Crippen LogP contribution in [0.2, 0.25) is 0 Å². The molecule has 3 fully saturated rings.